The number of carbonyl (C=O) groups excluding carboxylic acids is 1. The van der Waals surface area contributed by atoms with Gasteiger partial charge in [-0.2, -0.15) is 0 Å². The third kappa shape index (κ3) is 20.4. The summed E-state index contributed by atoms with van der Waals surface area (Å²) >= 11 is 1.68. The predicted octanol–water partition coefficient (Wildman–Crippen LogP) is 3.50. The number of hydrogen-bond acceptors (Lipinski definition) is 2. The Balaban J connectivity index is 0. The van der Waals surface area contributed by atoms with Gasteiger partial charge in [0.15, 0.2) is 0 Å². The van der Waals surface area contributed by atoms with Crippen molar-refractivity contribution < 1.29 is 9.53 Å². The van der Waals surface area contributed by atoms with Crippen LogP contribution in [-0.2, 0) is 9.53 Å². The van der Waals surface area contributed by atoms with E-state index >= 15 is 0 Å². The summed E-state index contributed by atoms with van der Waals surface area (Å²) in [4.78, 5) is 10.7. The van der Waals surface area contributed by atoms with E-state index in [4.69, 9.17) is 4.74 Å². The monoisotopic (exact) mass is 321 g/mol. The zero-order valence-electron chi connectivity index (χ0n) is 10.5. The van der Waals surface area contributed by atoms with E-state index in [0.29, 0.717) is 13.0 Å². The van der Waals surface area contributed by atoms with Crippen molar-refractivity contribution in [3.05, 3.63) is 0 Å². The number of hydrogen-bond donors (Lipinski definition) is 0. The van der Waals surface area contributed by atoms with Crippen LogP contribution in [0.3, 0.4) is 0 Å². The van der Waals surface area contributed by atoms with E-state index in [-0.39, 0.29) is 5.97 Å². The van der Waals surface area contributed by atoms with Crippen LogP contribution in [0.5, 0.6) is 0 Å². The fourth-order valence-corrected chi connectivity index (χ4v) is 1.94. The minimum atomic E-state index is -0.0593. The molecule has 0 rings (SSSR count). The molecule has 0 atom stereocenters. The van der Waals surface area contributed by atoms with E-state index in [0.717, 1.165) is 19.3 Å². The van der Waals surface area contributed by atoms with Gasteiger partial charge in [0.05, 0.1) is 6.61 Å². The van der Waals surface area contributed by atoms with Gasteiger partial charge in [-0.3, -0.25) is 4.79 Å². The summed E-state index contributed by atoms with van der Waals surface area (Å²) in [6, 6.07) is 0. The molecule has 0 aliphatic heterocycles. The maximum absolute atomic E-state index is 10.7. The third-order valence-corrected chi connectivity index (χ3v) is 2.83. The standard InChI is InChI=1S/C8H16O2.C4H9.Sn/c1-3-5-6-7-8(9)10-4-2;1-3-4-2;/h3-7H2,1-2H3;1,3-4H2,2H3;. The Morgan fingerprint density at radius 3 is 2.00 bits per heavy atom. The van der Waals surface area contributed by atoms with Crippen molar-refractivity contribution in [2.24, 2.45) is 0 Å². The number of esters is 1. The average Bonchev–Trinajstić information content (AvgIpc) is 2.21. The van der Waals surface area contributed by atoms with E-state index in [2.05, 4.69) is 13.8 Å². The molecule has 0 aromatic rings. The molecule has 89 valence electrons. The summed E-state index contributed by atoms with van der Waals surface area (Å²) in [5, 5.41) is 0. The summed E-state index contributed by atoms with van der Waals surface area (Å²) in [6.45, 7) is 6.68. The van der Waals surface area contributed by atoms with Gasteiger partial charge in [-0.15, -0.1) is 0 Å². The number of ether oxygens (including phenoxy) is 1. The van der Waals surface area contributed by atoms with Gasteiger partial charge < -0.3 is 4.74 Å². The van der Waals surface area contributed by atoms with Crippen molar-refractivity contribution in [1.29, 1.82) is 0 Å². The summed E-state index contributed by atoms with van der Waals surface area (Å²) in [6.07, 6.45) is 6.62. The molecule has 0 aliphatic carbocycles. The van der Waals surface area contributed by atoms with Gasteiger partial charge >= 0.3 is 52.7 Å². The van der Waals surface area contributed by atoms with Crippen molar-refractivity contribution in [2.75, 3.05) is 6.61 Å². The van der Waals surface area contributed by atoms with Crippen LogP contribution in [0.25, 0.3) is 0 Å². The molecule has 2 nitrogen and oxygen atoms in total. The van der Waals surface area contributed by atoms with Crippen LogP contribution in [0.1, 0.15) is 59.3 Å². The van der Waals surface area contributed by atoms with Gasteiger partial charge in [0.25, 0.3) is 0 Å². The van der Waals surface area contributed by atoms with E-state index in [1.54, 1.807) is 22.5 Å². The van der Waals surface area contributed by atoms with Gasteiger partial charge in [0.1, 0.15) is 0 Å². The molecule has 3 heteroatoms. The molecule has 0 bridgehead atoms. The molecule has 0 aliphatic rings. The van der Waals surface area contributed by atoms with E-state index < -0.39 is 0 Å². The molecule has 0 fully saturated rings. The molecule has 0 aromatic heterocycles. The Bertz CT molecular complexity index is 125. The Kier molecular flexibility index (Phi) is 19.6. The molecule has 0 aromatic carbocycles. The van der Waals surface area contributed by atoms with Crippen LogP contribution >= 0.6 is 0 Å². The van der Waals surface area contributed by atoms with Crippen LogP contribution in [0.15, 0.2) is 0 Å². The molecular formula is C12H25O2Sn. The number of unbranched alkanes of at least 4 members (excludes halogenated alkanes) is 3. The van der Waals surface area contributed by atoms with Crippen LogP contribution < -0.4 is 0 Å². The first-order valence-electron chi connectivity index (χ1n) is 6.03. The zero-order valence-corrected chi connectivity index (χ0v) is 13.3. The Morgan fingerprint density at radius 1 is 1.07 bits per heavy atom. The summed E-state index contributed by atoms with van der Waals surface area (Å²) in [7, 11) is 0. The van der Waals surface area contributed by atoms with Crippen molar-refractivity contribution in [3.8, 4) is 0 Å². The van der Waals surface area contributed by atoms with Gasteiger partial charge in [0, 0.05) is 6.42 Å². The first kappa shape index (κ1) is 17.7. The van der Waals surface area contributed by atoms with E-state index in [9.17, 15) is 4.79 Å². The molecule has 0 spiro atoms. The molecule has 3 radical (unpaired) electrons. The molecule has 0 saturated heterocycles. The Hall–Kier alpha value is 0.269. The second-order valence-electron chi connectivity index (χ2n) is 3.37. The SMILES string of the molecule is CCCCCC(=O)OCC.CCC[CH2][Sn]. The van der Waals surface area contributed by atoms with Crippen LogP contribution in [0, 0.1) is 0 Å². The second-order valence-corrected chi connectivity index (χ2v) is 4.79. The first-order valence-corrected chi connectivity index (χ1v) is 8.04. The number of carbonyl (C=O) groups is 1. The summed E-state index contributed by atoms with van der Waals surface area (Å²) < 4.78 is 6.18. The molecule has 15 heavy (non-hydrogen) atoms. The van der Waals surface area contributed by atoms with E-state index in [1.165, 1.54) is 17.3 Å². The normalized spacial score (nSPS) is 9.07. The molecule has 0 amide bonds. The predicted molar refractivity (Wildman–Crippen MR) is 66.2 cm³/mol. The van der Waals surface area contributed by atoms with Crippen molar-refractivity contribution in [1.82, 2.24) is 0 Å². The van der Waals surface area contributed by atoms with Crippen molar-refractivity contribution >= 4 is 28.5 Å². The minimum absolute atomic E-state index is 0.0593. The average molecular weight is 320 g/mol. The van der Waals surface area contributed by atoms with Crippen LogP contribution in [0.4, 0.5) is 0 Å². The molecule has 0 unspecified atom stereocenters. The molecule has 0 saturated carbocycles. The fourth-order valence-electron chi connectivity index (χ4n) is 0.929. The first-order chi connectivity index (χ1) is 7.22. The third-order valence-electron chi connectivity index (χ3n) is 1.82. The molecule has 0 heterocycles. The maximum atomic E-state index is 10.7. The van der Waals surface area contributed by atoms with Gasteiger partial charge in [0.2, 0.25) is 0 Å². The Labute approximate surface area is 108 Å². The molecule has 0 N–H and O–H groups in total. The van der Waals surface area contributed by atoms with Gasteiger partial charge in [-0.05, 0) is 13.3 Å². The van der Waals surface area contributed by atoms with Crippen LogP contribution in [-0.4, -0.2) is 35.1 Å². The zero-order chi connectivity index (χ0) is 11.9. The topological polar surface area (TPSA) is 26.3 Å². The van der Waals surface area contributed by atoms with Crippen LogP contribution in [0.2, 0.25) is 4.44 Å². The summed E-state index contributed by atoms with van der Waals surface area (Å²) in [5.74, 6) is -0.0593. The summed E-state index contributed by atoms with van der Waals surface area (Å²) in [5.41, 5.74) is 0. The number of rotatable bonds is 7. The van der Waals surface area contributed by atoms with Gasteiger partial charge in [-0.1, -0.05) is 19.8 Å². The fraction of sp³-hybridized carbons (Fsp3) is 0.917. The van der Waals surface area contributed by atoms with Gasteiger partial charge in [-0.25, -0.2) is 0 Å². The van der Waals surface area contributed by atoms with Crippen molar-refractivity contribution in [3.63, 3.8) is 0 Å². The molecular weight excluding hydrogens is 295 g/mol. The quantitative estimate of drug-likeness (QED) is 0.408. The second kappa shape index (κ2) is 16.7. The Morgan fingerprint density at radius 2 is 1.67 bits per heavy atom. The van der Waals surface area contributed by atoms with Crippen molar-refractivity contribution in [2.45, 2.75) is 63.7 Å². The van der Waals surface area contributed by atoms with E-state index in [1.807, 2.05) is 6.92 Å².